The van der Waals surface area contributed by atoms with Crippen LogP contribution in [0.5, 0.6) is 5.75 Å². The molecule has 1 fully saturated rings. The molecule has 0 bridgehead atoms. The molecule has 1 saturated heterocycles. The summed E-state index contributed by atoms with van der Waals surface area (Å²) in [4.78, 5) is 24.8. The predicted octanol–water partition coefficient (Wildman–Crippen LogP) is 2.84. The number of carbonyl (C=O) groups excluding carboxylic acids is 2. The number of carbonyl (C=O) groups is 2. The predicted molar refractivity (Wildman–Crippen MR) is 79.7 cm³/mol. The first-order chi connectivity index (χ1) is 8.99. The quantitative estimate of drug-likeness (QED) is 0.846. The Hall–Kier alpha value is -1.01. The van der Waals surface area contributed by atoms with Gasteiger partial charge in [-0.25, -0.2) is 0 Å². The Balaban J connectivity index is 2.20. The van der Waals surface area contributed by atoms with Crippen molar-refractivity contribution in [2.24, 2.45) is 0 Å². The number of methoxy groups -OCH3 is 1. The van der Waals surface area contributed by atoms with E-state index in [4.69, 9.17) is 4.74 Å². The molecule has 102 valence electrons. The van der Waals surface area contributed by atoms with Crippen LogP contribution >= 0.6 is 27.7 Å². The van der Waals surface area contributed by atoms with E-state index >= 15 is 0 Å². The monoisotopic (exact) mass is 343 g/mol. The molecule has 19 heavy (non-hydrogen) atoms. The molecule has 4 nitrogen and oxygen atoms in total. The zero-order valence-electron chi connectivity index (χ0n) is 10.7. The summed E-state index contributed by atoms with van der Waals surface area (Å²) in [7, 11) is 1.59. The van der Waals surface area contributed by atoms with Crippen LogP contribution in [0.15, 0.2) is 22.7 Å². The second-order valence-electron chi connectivity index (χ2n) is 4.29. The summed E-state index contributed by atoms with van der Waals surface area (Å²) < 4.78 is 6.05. The van der Waals surface area contributed by atoms with Crippen LogP contribution in [-0.4, -0.2) is 29.9 Å². The Kier molecular flexibility index (Phi) is 4.52. The minimum atomic E-state index is 0.0370. The second kappa shape index (κ2) is 5.96. The van der Waals surface area contributed by atoms with E-state index in [0.29, 0.717) is 18.7 Å². The van der Waals surface area contributed by atoms with Gasteiger partial charge in [-0.05, 0) is 12.1 Å². The van der Waals surface area contributed by atoms with Crippen molar-refractivity contribution in [2.75, 3.05) is 18.6 Å². The summed E-state index contributed by atoms with van der Waals surface area (Å²) in [5.74, 6) is 0.735. The van der Waals surface area contributed by atoms with Gasteiger partial charge in [0.05, 0.1) is 7.11 Å². The first-order valence-electron chi connectivity index (χ1n) is 5.81. The third-order valence-electron chi connectivity index (χ3n) is 2.83. The number of hydrogen-bond donors (Lipinski definition) is 0. The highest BCUT2D eigenvalue weighted by Gasteiger charge is 2.32. The standard InChI is InChI=1S/C13H14BrNO3S/c1-8(16)19-12-6-13(17)15(7-12)10-3-9(14)4-11(5-10)18-2/h3-5,12H,6-7H2,1-2H3. The van der Waals surface area contributed by atoms with E-state index in [1.165, 1.54) is 18.7 Å². The summed E-state index contributed by atoms with van der Waals surface area (Å²) in [6.45, 7) is 2.09. The second-order valence-corrected chi connectivity index (χ2v) is 6.68. The molecule has 2 rings (SSSR count). The molecule has 1 aliphatic heterocycles. The Bertz CT molecular complexity index is 521. The zero-order valence-corrected chi connectivity index (χ0v) is 13.1. The summed E-state index contributed by atoms with van der Waals surface area (Å²) in [5, 5.41) is 0.0847. The fraction of sp³-hybridized carbons (Fsp3) is 0.385. The van der Waals surface area contributed by atoms with Gasteiger partial charge in [0.25, 0.3) is 0 Å². The topological polar surface area (TPSA) is 46.6 Å². The number of rotatable bonds is 3. The van der Waals surface area contributed by atoms with Gasteiger partial charge in [0.1, 0.15) is 5.75 Å². The van der Waals surface area contributed by atoms with Gasteiger partial charge < -0.3 is 9.64 Å². The molecule has 0 saturated carbocycles. The van der Waals surface area contributed by atoms with Crippen molar-refractivity contribution < 1.29 is 14.3 Å². The van der Waals surface area contributed by atoms with Gasteiger partial charge >= 0.3 is 0 Å². The molecule has 0 aromatic heterocycles. The number of thioether (sulfide) groups is 1. The van der Waals surface area contributed by atoms with E-state index in [2.05, 4.69) is 15.9 Å². The molecule has 0 aliphatic carbocycles. The third kappa shape index (κ3) is 3.51. The van der Waals surface area contributed by atoms with Crippen molar-refractivity contribution in [3.63, 3.8) is 0 Å². The van der Waals surface area contributed by atoms with Gasteiger partial charge in [0.15, 0.2) is 5.12 Å². The molecule has 0 radical (unpaired) electrons. The van der Waals surface area contributed by atoms with Gasteiger partial charge in [0, 0.05) is 41.4 Å². The highest BCUT2D eigenvalue weighted by molar-refractivity contribution is 9.10. The fourth-order valence-corrected chi connectivity index (χ4v) is 3.44. The van der Waals surface area contributed by atoms with Crippen LogP contribution in [0, 0.1) is 0 Å². The highest BCUT2D eigenvalue weighted by atomic mass is 79.9. The minimum absolute atomic E-state index is 0.0370. The maximum absolute atomic E-state index is 12.0. The van der Waals surface area contributed by atoms with E-state index < -0.39 is 0 Å². The molecule has 6 heteroatoms. The van der Waals surface area contributed by atoms with E-state index in [9.17, 15) is 9.59 Å². The molecule has 0 N–H and O–H groups in total. The summed E-state index contributed by atoms with van der Waals surface area (Å²) in [5.41, 5.74) is 0.794. The Labute approximate surface area is 124 Å². The number of hydrogen-bond acceptors (Lipinski definition) is 4. The van der Waals surface area contributed by atoms with E-state index in [1.807, 2.05) is 18.2 Å². The lowest BCUT2D eigenvalue weighted by Gasteiger charge is -2.17. The molecule has 1 aromatic carbocycles. The molecule has 1 aliphatic rings. The fourth-order valence-electron chi connectivity index (χ4n) is 2.06. The summed E-state index contributed by atoms with van der Waals surface area (Å²) >= 11 is 4.63. The number of nitrogens with zero attached hydrogens (tertiary/aromatic N) is 1. The normalized spacial score (nSPS) is 18.8. The lowest BCUT2D eigenvalue weighted by atomic mass is 10.3. The van der Waals surface area contributed by atoms with Crippen molar-refractivity contribution in [2.45, 2.75) is 18.6 Å². The van der Waals surface area contributed by atoms with Crippen molar-refractivity contribution >= 4 is 44.4 Å². The van der Waals surface area contributed by atoms with Crippen molar-refractivity contribution in [1.82, 2.24) is 0 Å². The van der Waals surface area contributed by atoms with Crippen LogP contribution in [-0.2, 0) is 9.59 Å². The highest BCUT2D eigenvalue weighted by Crippen LogP contribution is 2.32. The third-order valence-corrected chi connectivity index (χ3v) is 4.26. The number of anilines is 1. The van der Waals surface area contributed by atoms with Crippen molar-refractivity contribution in [3.8, 4) is 5.75 Å². The Morgan fingerprint density at radius 1 is 1.47 bits per heavy atom. The maximum Gasteiger partial charge on any atom is 0.228 e. The van der Waals surface area contributed by atoms with E-state index in [-0.39, 0.29) is 16.3 Å². The van der Waals surface area contributed by atoms with E-state index in [0.717, 1.165) is 10.2 Å². The molecule has 1 heterocycles. The van der Waals surface area contributed by atoms with Crippen molar-refractivity contribution in [1.29, 1.82) is 0 Å². The van der Waals surface area contributed by atoms with Crippen LogP contribution in [0.1, 0.15) is 13.3 Å². The van der Waals surface area contributed by atoms with Crippen molar-refractivity contribution in [3.05, 3.63) is 22.7 Å². The molecule has 1 amide bonds. The van der Waals surface area contributed by atoms with Gasteiger partial charge in [-0.15, -0.1) is 0 Å². The lowest BCUT2D eigenvalue weighted by Crippen LogP contribution is -2.24. The largest absolute Gasteiger partial charge is 0.497 e. The van der Waals surface area contributed by atoms with Gasteiger partial charge in [-0.2, -0.15) is 0 Å². The number of benzene rings is 1. The zero-order chi connectivity index (χ0) is 14.0. The summed E-state index contributed by atoms with van der Waals surface area (Å²) in [6, 6.07) is 5.54. The van der Waals surface area contributed by atoms with Crippen LogP contribution in [0.2, 0.25) is 0 Å². The molecule has 1 aromatic rings. The maximum atomic E-state index is 12.0. The molecule has 1 atom stereocenters. The van der Waals surface area contributed by atoms with E-state index in [1.54, 1.807) is 12.0 Å². The molecular weight excluding hydrogens is 330 g/mol. The van der Waals surface area contributed by atoms with Gasteiger partial charge in [0.2, 0.25) is 5.91 Å². The smallest absolute Gasteiger partial charge is 0.228 e. The average molecular weight is 344 g/mol. The minimum Gasteiger partial charge on any atom is -0.497 e. The first-order valence-corrected chi connectivity index (χ1v) is 7.49. The lowest BCUT2D eigenvalue weighted by molar-refractivity contribution is -0.117. The Morgan fingerprint density at radius 3 is 2.84 bits per heavy atom. The number of ether oxygens (including phenoxy) is 1. The number of amides is 1. The molecular formula is C13H14BrNO3S. The summed E-state index contributed by atoms with van der Waals surface area (Å²) in [6.07, 6.45) is 0.402. The average Bonchev–Trinajstić information content (AvgIpc) is 2.68. The van der Waals surface area contributed by atoms with Crippen LogP contribution in [0.4, 0.5) is 5.69 Å². The first kappa shape index (κ1) is 14.4. The van der Waals surface area contributed by atoms with Gasteiger partial charge in [-0.1, -0.05) is 27.7 Å². The Morgan fingerprint density at radius 2 is 2.21 bits per heavy atom. The van der Waals surface area contributed by atoms with Crippen LogP contribution in [0.25, 0.3) is 0 Å². The molecule has 0 spiro atoms. The SMILES string of the molecule is COc1cc(Br)cc(N2CC(SC(C)=O)CC2=O)c1. The van der Waals surface area contributed by atoms with Crippen LogP contribution in [0.3, 0.4) is 0 Å². The number of halogens is 1. The van der Waals surface area contributed by atoms with Crippen LogP contribution < -0.4 is 9.64 Å². The molecule has 1 unspecified atom stereocenters. The van der Waals surface area contributed by atoms with Gasteiger partial charge in [-0.3, -0.25) is 9.59 Å².